The summed E-state index contributed by atoms with van der Waals surface area (Å²) in [4.78, 5) is 18.9. The molecule has 2 heterocycles. The SMILES string of the molecule is COc1ccc(CN2C(=O)c3cc(N)cnc3OC[C@@H]2C)c(OC)c1. The number of fused-ring (bicyclic) bond motifs is 1. The number of hydrogen-bond acceptors (Lipinski definition) is 6. The molecule has 0 radical (unpaired) electrons. The van der Waals surface area contributed by atoms with Gasteiger partial charge >= 0.3 is 0 Å². The van der Waals surface area contributed by atoms with E-state index < -0.39 is 0 Å². The summed E-state index contributed by atoms with van der Waals surface area (Å²) in [5.74, 6) is 1.50. The lowest BCUT2D eigenvalue weighted by molar-refractivity contribution is 0.0655. The predicted octanol–water partition coefficient (Wildman–Crippen LogP) is 2.10. The average Bonchev–Trinajstić information content (AvgIpc) is 2.74. The number of nitrogen functional groups attached to an aromatic ring is 1. The minimum atomic E-state index is -0.169. The van der Waals surface area contributed by atoms with Gasteiger partial charge in [-0.25, -0.2) is 4.98 Å². The lowest BCUT2D eigenvalue weighted by Gasteiger charge is -2.27. The molecular formula is C18H21N3O4. The molecule has 2 aromatic rings. The molecule has 1 aliphatic rings. The molecule has 1 aliphatic heterocycles. The minimum absolute atomic E-state index is 0.130. The Labute approximate surface area is 146 Å². The summed E-state index contributed by atoms with van der Waals surface area (Å²) in [6, 6.07) is 7.00. The van der Waals surface area contributed by atoms with Crippen molar-refractivity contribution in [2.45, 2.75) is 19.5 Å². The molecule has 25 heavy (non-hydrogen) atoms. The number of anilines is 1. The van der Waals surface area contributed by atoms with Crippen LogP contribution in [-0.4, -0.2) is 42.7 Å². The van der Waals surface area contributed by atoms with Gasteiger partial charge < -0.3 is 24.8 Å². The van der Waals surface area contributed by atoms with E-state index >= 15 is 0 Å². The van der Waals surface area contributed by atoms with Gasteiger partial charge in [0.05, 0.1) is 38.7 Å². The van der Waals surface area contributed by atoms with E-state index in [9.17, 15) is 4.79 Å². The average molecular weight is 343 g/mol. The number of carbonyl (C=O) groups excluding carboxylic acids is 1. The molecule has 1 amide bonds. The Hall–Kier alpha value is -2.96. The second-order valence-electron chi connectivity index (χ2n) is 5.89. The van der Waals surface area contributed by atoms with E-state index in [0.717, 1.165) is 5.56 Å². The van der Waals surface area contributed by atoms with Gasteiger partial charge in [-0.1, -0.05) is 0 Å². The molecule has 0 saturated carbocycles. The maximum Gasteiger partial charge on any atom is 0.260 e. The zero-order valence-electron chi connectivity index (χ0n) is 14.5. The van der Waals surface area contributed by atoms with Crippen LogP contribution in [-0.2, 0) is 6.54 Å². The van der Waals surface area contributed by atoms with Crippen molar-refractivity contribution in [3.05, 3.63) is 41.6 Å². The van der Waals surface area contributed by atoms with Crippen molar-refractivity contribution in [2.75, 3.05) is 26.6 Å². The van der Waals surface area contributed by atoms with E-state index in [1.165, 1.54) is 6.20 Å². The molecule has 0 aliphatic carbocycles. The fourth-order valence-corrected chi connectivity index (χ4v) is 2.77. The molecule has 1 atom stereocenters. The van der Waals surface area contributed by atoms with Crippen molar-refractivity contribution in [1.82, 2.24) is 9.88 Å². The Morgan fingerprint density at radius 2 is 2.12 bits per heavy atom. The maximum atomic E-state index is 13.0. The standard InChI is InChI=1S/C18H21N3O4/c1-11-10-25-17-15(6-13(19)8-20-17)18(22)21(11)9-12-4-5-14(23-2)7-16(12)24-3/h4-8,11H,9-10,19H2,1-3H3/t11-/m0/s1. The molecule has 0 unspecified atom stereocenters. The lowest BCUT2D eigenvalue weighted by atomic mass is 10.1. The van der Waals surface area contributed by atoms with Gasteiger partial charge in [0.25, 0.3) is 5.91 Å². The van der Waals surface area contributed by atoms with Crippen LogP contribution in [0.15, 0.2) is 30.5 Å². The normalized spacial score (nSPS) is 16.7. The van der Waals surface area contributed by atoms with Crippen molar-refractivity contribution >= 4 is 11.6 Å². The number of hydrogen-bond donors (Lipinski definition) is 1. The zero-order chi connectivity index (χ0) is 18.0. The number of benzene rings is 1. The van der Waals surface area contributed by atoms with Crippen LogP contribution in [0.2, 0.25) is 0 Å². The Kier molecular flexibility index (Phi) is 4.65. The minimum Gasteiger partial charge on any atom is -0.497 e. The van der Waals surface area contributed by atoms with E-state index in [-0.39, 0.29) is 11.9 Å². The summed E-state index contributed by atoms with van der Waals surface area (Å²) in [5.41, 5.74) is 7.46. The highest BCUT2D eigenvalue weighted by Crippen LogP contribution is 2.29. The molecule has 7 nitrogen and oxygen atoms in total. The van der Waals surface area contributed by atoms with Crippen LogP contribution in [0, 0.1) is 0 Å². The summed E-state index contributed by atoms with van der Waals surface area (Å²) in [7, 11) is 3.19. The van der Waals surface area contributed by atoms with Gasteiger partial charge in [0.2, 0.25) is 5.88 Å². The molecule has 1 aromatic heterocycles. The lowest BCUT2D eigenvalue weighted by Crippen LogP contribution is -2.39. The van der Waals surface area contributed by atoms with Gasteiger partial charge in [0.15, 0.2) is 0 Å². The van der Waals surface area contributed by atoms with Crippen molar-refractivity contribution in [3.8, 4) is 17.4 Å². The molecule has 0 bridgehead atoms. The predicted molar refractivity (Wildman–Crippen MR) is 93.0 cm³/mol. The van der Waals surface area contributed by atoms with Gasteiger partial charge in [-0.2, -0.15) is 0 Å². The van der Waals surface area contributed by atoms with Gasteiger partial charge in [-0.05, 0) is 25.1 Å². The van der Waals surface area contributed by atoms with Crippen LogP contribution in [0.5, 0.6) is 17.4 Å². The number of ether oxygens (including phenoxy) is 3. The first-order chi connectivity index (χ1) is 12.0. The van der Waals surface area contributed by atoms with E-state index in [1.54, 1.807) is 31.3 Å². The third-order valence-electron chi connectivity index (χ3n) is 4.19. The summed E-state index contributed by atoms with van der Waals surface area (Å²) in [6.07, 6.45) is 1.49. The molecule has 7 heteroatoms. The third kappa shape index (κ3) is 3.31. The fraction of sp³-hybridized carbons (Fsp3) is 0.333. The molecular weight excluding hydrogens is 322 g/mol. The summed E-state index contributed by atoms with van der Waals surface area (Å²) in [6.45, 7) is 2.67. The molecule has 0 spiro atoms. The fourth-order valence-electron chi connectivity index (χ4n) is 2.77. The van der Waals surface area contributed by atoms with Crippen molar-refractivity contribution in [1.29, 1.82) is 0 Å². The Bertz CT molecular complexity index is 794. The van der Waals surface area contributed by atoms with Gasteiger partial charge in [0, 0.05) is 11.6 Å². The zero-order valence-corrected chi connectivity index (χ0v) is 14.5. The number of amides is 1. The summed E-state index contributed by atoms with van der Waals surface area (Å²) in [5, 5.41) is 0. The summed E-state index contributed by atoms with van der Waals surface area (Å²) < 4.78 is 16.3. The Balaban J connectivity index is 1.94. The molecule has 2 N–H and O–H groups in total. The van der Waals surface area contributed by atoms with E-state index in [2.05, 4.69) is 4.98 Å². The number of methoxy groups -OCH3 is 2. The smallest absolute Gasteiger partial charge is 0.260 e. The van der Waals surface area contributed by atoms with E-state index in [4.69, 9.17) is 19.9 Å². The Morgan fingerprint density at radius 3 is 2.84 bits per heavy atom. The van der Waals surface area contributed by atoms with E-state index in [0.29, 0.717) is 41.8 Å². The monoisotopic (exact) mass is 343 g/mol. The molecule has 3 rings (SSSR count). The first-order valence-electron chi connectivity index (χ1n) is 7.93. The highest BCUT2D eigenvalue weighted by Gasteiger charge is 2.30. The van der Waals surface area contributed by atoms with Gasteiger partial charge in [-0.3, -0.25) is 4.79 Å². The maximum absolute atomic E-state index is 13.0. The number of nitrogens with two attached hydrogens (primary N) is 1. The first-order valence-corrected chi connectivity index (χ1v) is 7.93. The molecule has 0 saturated heterocycles. The molecule has 132 valence electrons. The largest absolute Gasteiger partial charge is 0.497 e. The molecule has 0 fully saturated rings. The van der Waals surface area contributed by atoms with Crippen LogP contribution in [0.1, 0.15) is 22.8 Å². The second-order valence-corrected chi connectivity index (χ2v) is 5.89. The van der Waals surface area contributed by atoms with Crippen LogP contribution in [0.4, 0.5) is 5.69 Å². The van der Waals surface area contributed by atoms with Gasteiger partial charge in [-0.15, -0.1) is 0 Å². The van der Waals surface area contributed by atoms with Gasteiger partial charge in [0.1, 0.15) is 23.7 Å². The van der Waals surface area contributed by atoms with Crippen molar-refractivity contribution in [2.24, 2.45) is 0 Å². The molecule has 1 aromatic carbocycles. The first kappa shape index (κ1) is 16.9. The van der Waals surface area contributed by atoms with Crippen LogP contribution < -0.4 is 19.9 Å². The number of rotatable bonds is 4. The van der Waals surface area contributed by atoms with E-state index in [1.807, 2.05) is 19.1 Å². The second kappa shape index (κ2) is 6.88. The highest BCUT2D eigenvalue weighted by molar-refractivity contribution is 5.97. The van der Waals surface area contributed by atoms with Crippen molar-refractivity contribution < 1.29 is 19.0 Å². The summed E-state index contributed by atoms with van der Waals surface area (Å²) >= 11 is 0. The number of carbonyl (C=O) groups is 1. The number of pyridine rings is 1. The van der Waals surface area contributed by atoms with Crippen molar-refractivity contribution in [3.63, 3.8) is 0 Å². The van der Waals surface area contributed by atoms with Crippen LogP contribution >= 0.6 is 0 Å². The van der Waals surface area contributed by atoms with Crippen LogP contribution in [0.25, 0.3) is 0 Å². The topological polar surface area (TPSA) is 86.9 Å². The third-order valence-corrected chi connectivity index (χ3v) is 4.19. The Morgan fingerprint density at radius 1 is 1.32 bits per heavy atom. The number of nitrogens with zero attached hydrogens (tertiary/aromatic N) is 2. The number of aromatic nitrogens is 1. The quantitative estimate of drug-likeness (QED) is 0.915. The highest BCUT2D eigenvalue weighted by atomic mass is 16.5. The van der Waals surface area contributed by atoms with Crippen LogP contribution in [0.3, 0.4) is 0 Å².